The van der Waals surface area contributed by atoms with Crippen LogP contribution in [-0.2, 0) is 0 Å². The smallest absolute Gasteiger partial charge is 0.160 e. The van der Waals surface area contributed by atoms with E-state index in [-0.39, 0.29) is 0 Å². The topological polar surface area (TPSA) is 97.1 Å². The molecule has 8 heterocycles. The van der Waals surface area contributed by atoms with Crippen LogP contribution in [0.15, 0.2) is 498 Å². The van der Waals surface area contributed by atoms with E-state index < -0.39 is 0 Å². The van der Waals surface area contributed by atoms with Gasteiger partial charge in [-0.15, -0.1) is 0 Å². The minimum absolute atomic E-state index is 0.655. The van der Waals surface area contributed by atoms with E-state index >= 15 is 0 Å². The third-order valence-corrected chi connectivity index (χ3v) is 26.4. The second kappa shape index (κ2) is 34.2. The summed E-state index contributed by atoms with van der Waals surface area (Å²) >= 11 is 0. The lowest BCUT2D eigenvalue weighted by molar-refractivity contribution is 1.17. The van der Waals surface area contributed by atoms with Gasteiger partial charge < -0.3 is 18.3 Å². The van der Waals surface area contributed by atoms with Gasteiger partial charge in [-0.05, 0) is 202 Å². The highest BCUT2D eigenvalue weighted by atomic mass is 15.0. The van der Waals surface area contributed by atoms with Gasteiger partial charge in [0.2, 0.25) is 0 Å². The highest BCUT2D eigenvalue weighted by Crippen LogP contribution is 2.44. The maximum atomic E-state index is 5.21. The highest BCUT2D eigenvalue weighted by Gasteiger charge is 2.23. The molecule has 0 fully saturated rings. The minimum Gasteiger partial charge on any atom is -0.309 e. The molecule has 0 saturated carbocycles. The zero-order valence-electron chi connectivity index (χ0n) is 73.8. The zero-order valence-corrected chi connectivity index (χ0v) is 73.8. The molecular weight excluding hydrogens is 1650 g/mol. The summed E-state index contributed by atoms with van der Waals surface area (Å²) in [6, 6.07) is 173. The summed E-state index contributed by atoms with van der Waals surface area (Å²) in [5.41, 5.74) is 36.9. The molecule has 636 valence electrons. The van der Waals surface area contributed by atoms with E-state index in [1.165, 1.54) is 115 Å². The SMILES string of the molecule is c1ccc(-c2ccc(-c3cccc(-n4c5ccccc5c5cc(-c6ccc7c(c6)c6ccccc6n7-c6ccc(-c7cc(-c8ccccc8)nc(-c8ccccc8)n7)cc6)ccc54)c3)cc2)cc1.c1ccc(-n2c3ccccc3c3cc(-c4ccc5c(c4)c4ccccc4n5-c4ccc(-c5cc(-c6ccc(-c7ccccn7)cc6)nc(-c6ccc(-c7ccccn7)cc6)n5)cc4)ccc32)cc1. The van der Waals surface area contributed by atoms with Crippen molar-refractivity contribution in [2.45, 2.75) is 0 Å². The predicted octanol–water partition coefficient (Wildman–Crippen LogP) is 32.1. The van der Waals surface area contributed by atoms with Crippen LogP contribution in [0.5, 0.6) is 0 Å². The van der Waals surface area contributed by atoms with Gasteiger partial charge >= 0.3 is 0 Å². The van der Waals surface area contributed by atoms with Crippen molar-refractivity contribution in [2.75, 3.05) is 0 Å². The standard InChI is InChI=1S/C64H42N4.C62H40N6/c1-4-15-43(16-5-1)44-27-29-45(30-28-44)49-21-14-22-53(39-49)68-61-26-13-11-24-55(61)57-41-51(34-38-63(57)68)50-33-37-62-56(40-50)54-23-10-12-25-60(54)67(62)52-35-31-47(32-36-52)59-42-58(46-17-6-2-7-18-46)65-64(66-59)48-19-8-3-9-20-48;1-2-12-48(13-3-1)67-58-18-6-4-14-50(58)52-38-46(30-34-60(52)67)47-31-35-61-53(39-47)51-15-5-7-19-59(51)68(61)49-32-28-44(29-33-49)57-40-56(43-22-20-41(21-23-43)54-16-8-10-36-63-54)65-62(66-57)45-26-24-42(25-27-45)55-17-9-11-37-64-55/h1-42H;1-40H. The molecule has 10 heteroatoms. The van der Waals surface area contributed by atoms with Crippen molar-refractivity contribution in [3.63, 3.8) is 0 Å². The summed E-state index contributed by atoms with van der Waals surface area (Å²) in [4.78, 5) is 29.6. The van der Waals surface area contributed by atoms with Gasteiger partial charge in [-0.25, -0.2) is 19.9 Å². The maximum absolute atomic E-state index is 5.21. The van der Waals surface area contributed by atoms with Crippen molar-refractivity contribution >= 4 is 87.2 Å². The Kier molecular flexibility index (Phi) is 20.0. The largest absolute Gasteiger partial charge is 0.309 e. The number of pyridine rings is 2. The van der Waals surface area contributed by atoms with Gasteiger partial charge in [-0.1, -0.05) is 328 Å². The second-order valence-electron chi connectivity index (χ2n) is 34.5. The summed E-state index contributed by atoms with van der Waals surface area (Å²) in [7, 11) is 0. The Labute approximate surface area is 785 Å². The number of aromatic nitrogens is 10. The van der Waals surface area contributed by atoms with Gasteiger partial charge in [0.1, 0.15) is 0 Å². The van der Waals surface area contributed by atoms with Crippen molar-refractivity contribution in [3.05, 3.63) is 498 Å². The number of hydrogen-bond donors (Lipinski definition) is 0. The third kappa shape index (κ3) is 14.7. The molecule has 8 aromatic heterocycles. The van der Waals surface area contributed by atoms with Gasteiger partial charge in [0, 0.05) is 123 Å². The van der Waals surface area contributed by atoms with Crippen LogP contribution in [0.4, 0.5) is 0 Å². The number of hydrogen-bond acceptors (Lipinski definition) is 6. The fraction of sp³-hybridized carbons (Fsp3) is 0. The molecule has 26 aromatic rings. The Hall–Kier alpha value is -18.4. The molecule has 18 aromatic carbocycles. The number of para-hydroxylation sites is 5. The Bertz CT molecular complexity index is 8850. The molecule has 0 aliphatic carbocycles. The average Bonchev–Trinajstić information content (AvgIpc) is 1.58. The van der Waals surface area contributed by atoms with Crippen LogP contribution < -0.4 is 0 Å². The van der Waals surface area contributed by atoms with E-state index in [0.717, 1.165) is 118 Å². The first-order valence-corrected chi connectivity index (χ1v) is 46.0. The van der Waals surface area contributed by atoms with Crippen LogP contribution in [0.3, 0.4) is 0 Å². The fourth-order valence-corrected chi connectivity index (χ4v) is 19.8. The molecule has 0 radical (unpaired) electrons. The Morgan fingerprint density at radius 3 is 0.721 bits per heavy atom. The van der Waals surface area contributed by atoms with E-state index in [0.29, 0.717) is 11.6 Å². The summed E-state index contributed by atoms with van der Waals surface area (Å²) in [5, 5.41) is 9.81. The molecule has 26 rings (SSSR count). The normalized spacial score (nSPS) is 11.5. The van der Waals surface area contributed by atoms with Crippen LogP contribution >= 0.6 is 0 Å². The number of fused-ring (bicyclic) bond motifs is 12. The van der Waals surface area contributed by atoms with Gasteiger partial charge in [0.15, 0.2) is 11.6 Å². The van der Waals surface area contributed by atoms with Crippen molar-refractivity contribution in [1.29, 1.82) is 0 Å². The minimum atomic E-state index is 0.655. The van der Waals surface area contributed by atoms with E-state index in [2.05, 4.69) is 453 Å². The lowest BCUT2D eigenvalue weighted by Crippen LogP contribution is -1.97. The maximum Gasteiger partial charge on any atom is 0.160 e. The van der Waals surface area contributed by atoms with Crippen LogP contribution in [0.2, 0.25) is 0 Å². The predicted molar refractivity (Wildman–Crippen MR) is 562 cm³/mol. The molecule has 0 atom stereocenters. The Morgan fingerprint density at radius 1 is 0.125 bits per heavy atom. The fourth-order valence-electron chi connectivity index (χ4n) is 19.8. The lowest BCUT2D eigenvalue weighted by atomic mass is 10.00. The first kappa shape index (κ1) is 79.8. The third-order valence-electron chi connectivity index (χ3n) is 26.4. The van der Waals surface area contributed by atoms with Gasteiger partial charge in [-0.3, -0.25) is 9.97 Å². The first-order valence-electron chi connectivity index (χ1n) is 46.0. The van der Waals surface area contributed by atoms with Crippen LogP contribution in [0, 0.1) is 0 Å². The molecule has 0 N–H and O–H groups in total. The monoisotopic (exact) mass is 1730 g/mol. The number of benzene rings is 18. The van der Waals surface area contributed by atoms with E-state index in [1.807, 2.05) is 73.1 Å². The van der Waals surface area contributed by atoms with Gasteiger partial charge in [-0.2, -0.15) is 0 Å². The summed E-state index contributed by atoms with van der Waals surface area (Å²) in [6.45, 7) is 0. The van der Waals surface area contributed by atoms with Crippen LogP contribution in [0.1, 0.15) is 0 Å². The van der Waals surface area contributed by atoms with Crippen molar-refractivity contribution in [2.24, 2.45) is 0 Å². The Balaban J connectivity index is 0.000000145. The molecule has 0 unspecified atom stereocenters. The number of nitrogens with zero attached hydrogens (tertiary/aromatic N) is 10. The molecule has 0 spiro atoms. The van der Waals surface area contributed by atoms with Crippen LogP contribution in [0.25, 0.3) is 245 Å². The lowest BCUT2D eigenvalue weighted by Gasteiger charge is -2.12. The van der Waals surface area contributed by atoms with Crippen molar-refractivity contribution < 1.29 is 0 Å². The Morgan fingerprint density at radius 2 is 0.353 bits per heavy atom. The molecule has 10 nitrogen and oxygen atoms in total. The molecule has 0 amide bonds. The summed E-state index contributed by atoms with van der Waals surface area (Å²) in [6.07, 6.45) is 3.64. The summed E-state index contributed by atoms with van der Waals surface area (Å²) < 4.78 is 9.53. The second-order valence-corrected chi connectivity index (χ2v) is 34.5. The van der Waals surface area contributed by atoms with E-state index in [4.69, 9.17) is 19.9 Å². The van der Waals surface area contributed by atoms with Crippen molar-refractivity contribution in [3.8, 4) is 158 Å². The molecule has 0 aliphatic heterocycles. The summed E-state index contributed by atoms with van der Waals surface area (Å²) in [5.74, 6) is 1.36. The average molecular weight is 1740 g/mol. The zero-order chi connectivity index (χ0) is 89.9. The van der Waals surface area contributed by atoms with Crippen LogP contribution in [-0.4, -0.2) is 48.2 Å². The van der Waals surface area contributed by atoms with E-state index in [1.54, 1.807) is 0 Å². The molecule has 0 saturated heterocycles. The van der Waals surface area contributed by atoms with Gasteiger partial charge in [0.05, 0.1) is 78.3 Å². The molecule has 0 aliphatic rings. The van der Waals surface area contributed by atoms with Gasteiger partial charge in [0.25, 0.3) is 0 Å². The first-order chi connectivity index (χ1) is 67.4. The molecular formula is C126H82N10. The van der Waals surface area contributed by atoms with Crippen molar-refractivity contribution in [1.82, 2.24) is 48.2 Å². The molecule has 136 heavy (non-hydrogen) atoms. The number of rotatable bonds is 16. The van der Waals surface area contributed by atoms with E-state index in [9.17, 15) is 0 Å². The molecule has 0 bridgehead atoms. The quantitative estimate of drug-likeness (QED) is 0.0956. The highest BCUT2D eigenvalue weighted by molar-refractivity contribution is 6.15.